The second-order valence-corrected chi connectivity index (χ2v) is 9.48. The van der Waals surface area contributed by atoms with Crippen molar-refractivity contribution in [3.63, 3.8) is 0 Å². The van der Waals surface area contributed by atoms with Gasteiger partial charge in [0.15, 0.2) is 5.60 Å². The molecule has 0 aromatic heterocycles. The molecule has 2 saturated heterocycles. The fourth-order valence-corrected chi connectivity index (χ4v) is 6.44. The van der Waals surface area contributed by atoms with Crippen LogP contribution >= 0.6 is 11.8 Å². The van der Waals surface area contributed by atoms with Gasteiger partial charge >= 0.3 is 5.97 Å². The summed E-state index contributed by atoms with van der Waals surface area (Å²) in [5.74, 6) is 0.147. The van der Waals surface area contributed by atoms with Crippen LogP contribution in [0.3, 0.4) is 0 Å². The molecule has 2 aliphatic heterocycles. The molecule has 3 atom stereocenters. The molecule has 0 unspecified atom stereocenters. The number of hydrogen-bond acceptors (Lipinski definition) is 6. The molecule has 25 heavy (non-hydrogen) atoms. The number of thioether (sulfide) groups is 1. The molecule has 0 saturated carbocycles. The molecule has 0 N–H and O–H groups in total. The van der Waals surface area contributed by atoms with Crippen LogP contribution in [0.1, 0.15) is 47.1 Å². The molecule has 138 valence electrons. The van der Waals surface area contributed by atoms with Crippen molar-refractivity contribution in [2.75, 3.05) is 7.11 Å². The van der Waals surface area contributed by atoms with Gasteiger partial charge in [-0.05, 0) is 17.5 Å². The Morgan fingerprint density at radius 1 is 1.24 bits per heavy atom. The maximum Gasteiger partial charge on any atom is 0.308 e. The smallest absolute Gasteiger partial charge is 0.308 e. The predicted molar refractivity (Wildman–Crippen MR) is 96.0 cm³/mol. The van der Waals surface area contributed by atoms with E-state index in [-0.39, 0.29) is 22.2 Å². The van der Waals surface area contributed by atoms with Gasteiger partial charge in [0.2, 0.25) is 4.93 Å². The largest absolute Gasteiger partial charge is 0.427 e. The van der Waals surface area contributed by atoms with Crippen molar-refractivity contribution in [3.05, 3.63) is 29.8 Å². The highest BCUT2D eigenvalue weighted by molar-refractivity contribution is 8.01. The zero-order valence-corrected chi connectivity index (χ0v) is 16.7. The maximum atomic E-state index is 11.3. The van der Waals surface area contributed by atoms with Gasteiger partial charge in [0.05, 0.1) is 0 Å². The summed E-state index contributed by atoms with van der Waals surface area (Å²) in [6, 6.07) is 7.46. The van der Waals surface area contributed by atoms with E-state index in [9.17, 15) is 4.79 Å². The van der Waals surface area contributed by atoms with Crippen molar-refractivity contribution in [3.8, 4) is 5.75 Å². The van der Waals surface area contributed by atoms with Crippen LogP contribution in [0, 0.1) is 10.8 Å². The van der Waals surface area contributed by atoms with Gasteiger partial charge in [-0.15, -0.1) is 0 Å². The quantitative estimate of drug-likeness (QED) is 0.453. The van der Waals surface area contributed by atoms with Gasteiger partial charge in [-0.3, -0.25) is 4.79 Å². The number of carbonyl (C=O) groups excluding carboxylic acids is 1. The van der Waals surface area contributed by atoms with Gasteiger partial charge < -0.3 is 9.47 Å². The summed E-state index contributed by atoms with van der Waals surface area (Å²) in [5.41, 5.74) is -0.323. The summed E-state index contributed by atoms with van der Waals surface area (Å²) in [6.07, 6.45) is 0. The molecule has 0 radical (unpaired) electrons. The highest BCUT2D eigenvalue weighted by atomic mass is 32.2. The van der Waals surface area contributed by atoms with Crippen LogP contribution in [0.15, 0.2) is 24.3 Å². The second-order valence-electron chi connectivity index (χ2n) is 8.24. The van der Waals surface area contributed by atoms with Crippen LogP contribution in [-0.4, -0.2) is 24.1 Å². The van der Waals surface area contributed by atoms with Crippen LogP contribution < -0.4 is 4.74 Å². The van der Waals surface area contributed by atoms with E-state index in [2.05, 4.69) is 34.6 Å². The summed E-state index contributed by atoms with van der Waals surface area (Å²) in [4.78, 5) is 22.3. The molecule has 0 bridgehead atoms. The number of methoxy groups -OCH3 is 1. The Labute approximate surface area is 153 Å². The third-order valence-corrected chi connectivity index (χ3v) is 7.18. The Morgan fingerprint density at radius 3 is 2.40 bits per heavy atom. The fraction of sp³-hybridized carbons (Fsp3) is 0.632. The van der Waals surface area contributed by atoms with Gasteiger partial charge in [-0.25, -0.2) is 9.78 Å². The summed E-state index contributed by atoms with van der Waals surface area (Å²) >= 11 is 1.61. The fourth-order valence-electron chi connectivity index (χ4n) is 4.48. The number of ether oxygens (including phenoxy) is 2. The molecule has 6 heteroatoms. The zero-order valence-electron chi connectivity index (χ0n) is 15.8. The van der Waals surface area contributed by atoms with Crippen molar-refractivity contribution in [2.24, 2.45) is 10.8 Å². The second kappa shape index (κ2) is 5.71. The third kappa shape index (κ3) is 2.31. The molecule has 3 rings (SSSR count). The monoisotopic (exact) mass is 366 g/mol. The Hall–Kier alpha value is -1.08. The molecule has 1 aromatic carbocycles. The van der Waals surface area contributed by atoms with Gasteiger partial charge in [-0.1, -0.05) is 58.5 Å². The molecule has 0 aliphatic carbocycles. The Morgan fingerprint density at radius 2 is 1.92 bits per heavy atom. The van der Waals surface area contributed by atoms with E-state index in [1.54, 1.807) is 24.9 Å². The molecule has 2 heterocycles. The molecule has 2 fully saturated rings. The molecular weight excluding hydrogens is 340 g/mol. The maximum absolute atomic E-state index is 11.3. The topological polar surface area (TPSA) is 54.0 Å². The lowest BCUT2D eigenvalue weighted by Gasteiger charge is -2.62. The van der Waals surface area contributed by atoms with Gasteiger partial charge in [0.1, 0.15) is 11.2 Å². The number of hydrogen-bond donors (Lipinski definition) is 0. The lowest BCUT2D eigenvalue weighted by molar-refractivity contribution is -0.568. The van der Waals surface area contributed by atoms with E-state index in [0.717, 1.165) is 5.56 Å². The van der Waals surface area contributed by atoms with E-state index in [1.165, 1.54) is 6.92 Å². The molecular formula is C19H26O5S. The number of carbonyl (C=O) groups is 1. The molecule has 5 nitrogen and oxygen atoms in total. The highest BCUT2D eigenvalue weighted by Crippen LogP contribution is 2.76. The van der Waals surface area contributed by atoms with Crippen molar-refractivity contribution >= 4 is 17.7 Å². The van der Waals surface area contributed by atoms with Crippen molar-refractivity contribution < 1.29 is 24.0 Å². The minimum atomic E-state index is -0.731. The summed E-state index contributed by atoms with van der Waals surface area (Å²) in [5, 5.41) is 0. The first-order valence-electron chi connectivity index (χ1n) is 8.38. The molecule has 0 amide bonds. The average molecular weight is 366 g/mol. The first kappa shape index (κ1) is 18.7. The first-order valence-corrected chi connectivity index (χ1v) is 9.26. The Bertz CT molecular complexity index is 695. The lowest BCUT2D eigenvalue weighted by Crippen LogP contribution is -2.72. The van der Waals surface area contributed by atoms with Crippen molar-refractivity contribution in [1.29, 1.82) is 0 Å². The number of rotatable bonds is 3. The lowest BCUT2D eigenvalue weighted by atomic mass is 9.57. The van der Waals surface area contributed by atoms with Crippen LogP contribution in [0.5, 0.6) is 5.75 Å². The van der Waals surface area contributed by atoms with Crippen LogP contribution in [0.2, 0.25) is 0 Å². The first-order chi connectivity index (χ1) is 11.5. The minimum Gasteiger partial charge on any atom is -0.427 e. The standard InChI is InChI=1S/C19H26O5S/c1-12(20)22-14-10-8-9-13(11-14)18-19(24-23-18,16(2,3)4)17(5,6)15(21-7)25-18/h8-11,15H,1-7H3/t15-,18-,19+/m1/s1. The van der Waals surface area contributed by atoms with E-state index >= 15 is 0 Å². The highest BCUT2D eigenvalue weighted by Gasteiger charge is 2.83. The molecule has 1 aromatic rings. The van der Waals surface area contributed by atoms with E-state index in [4.69, 9.17) is 19.2 Å². The van der Waals surface area contributed by atoms with E-state index in [0.29, 0.717) is 5.75 Å². The molecule has 2 aliphatic rings. The average Bonchev–Trinajstić information content (AvgIpc) is 2.58. The zero-order chi connectivity index (χ0) is 18.7. The summed E-state index contributed by atoms with van der Waals surface area (Å²) in [6.45, 7) is 12.2. The van der Waals surface area contributed by atoms with Gasteiger partial charge in [0, 0.05) is 25.0 Å². The number of fused-ring (bicyclic) bond motifs is 1. The third-order valence-electron chi connectivity index (χ3n) is 5.26. The van der Waals surface area contributed by atoms with Gasteiger partial charge in [0.25, 0.3) is 0 Å². The van der Waals surface area contributed by atoms with E-state index in [1.807, 2.05) is 18.2 Å². The van der Waals surface area contributed by atoms with Crippen LogP contribution in [0.4, 0.5) is 0 Å². The normalized spacial score (nSPS) is 33.5. The Balaban J connectivity index is 2.15. The van der Waals surface area contributed by atoms with Crippen LogP contribution in [-0.2, 0) is 24.2 Å². The van der Waals surface area contributed by atoms with Crippen LogP contribution in [0.25, 0.3) is 0 Å². The SMILES string of the molecule is CO[C@@H]1S[C@@]2(c3cccc(OC(C)=O)c3)OO[C@@]2(C(C)(C)C)C1(C)C. The molecule has 0 spiro atoms. The van der Waals surface area contributed by atoms with E-state index < -0.39 is 10.5 Å². The van der Waals surface area contributed by atoms with Crippen molar-refractivity contribution in [2.45, 2.75) is 57.5 Å². The minimum absolute atomic E-state index is 0.105. The van der Waals surface area contributed by atoms with Crippen molar-refractivity contribution in [1.82, 2.24) is 0 Å². The Kier molecular flexibility index (Phi) is 4.27. The van der Waals surface area contributed by atoms with Gasteiger partial charge in [-0.2, -0.15) is 0 Å². The predicted octanol–water partition coefficient (Wildman–Crippen LogP) is 4.26. The summed E-state index contributed by atoms with van der Waals surface area (Å²) < 4.78 is 11.1. The number of esters is 1. The number of benzene rings is 1. The summed E-state index contributed by atoms with van der Waals surface area (Å²) in [7, 11) is 1.71.